The highest BCUT2D eigenvalue weighted by Crippen LogP contribution is 2.27. The molecule has 16 heavy (non-hydrogen) atoms. The highest BCUT2D eigenvalue weighted by Gasteiger charge is 2.16. The lowest BCUT2D eigenvalue weighted by Gasteiger charge is -2.22. The van der Waals surface area contributed by atoms with Gasteiger partial charge in [0.05, 0.1) is 0 Å². The van der Waals surface area contributed by atoms with Gasteiger partial charge in [-0.15, -0.1) is 0 Å². The van der Waals surface area contributed by atoms with Crippen LogP contribution in [0.4, 0.5) is 0 Å². The molecule has 3 rings (SSSR count). The SMILES string of the molecule is Clc1ccc2[nH]c(C3CCCCN3)cc2c1. The van der Waals surface area contributed by atoms with Gasteiger partial charge in [-0.2, -0.15) is 0 Å². The summed E-state index contributed by atoms with van der Waals surface area (Å²) in [4.78, 5) is 3.47. The Balaban J connectivity index is 1.97. The Morgan fingerprint density at radius 2 is 2.12 bits per heavy atom. The number of rotatable bonds is 1. The molecule has 2 heterocycles. The van der Waals surface area contributed by atoms with Crippen molar-refractivity contribution in [3.8, 4) is 0 Å². The van der Waals surface area contributed by atoms with Crippen LogP contribution in [-0.2, 0) is 0 Å². The number of benzene rings is 1. The number of nitrogens with one attached hydrogen (secondary N) is 2. The zero-order valence-electron chi connectivity index (χ0n) is 9.09. The lowest BCUT2D eigenvalue weighted by Crippen LogP contribution is -2.26. The summed E-state index contributed by atoms with van der Waals surface area (Å²) in [5.74, 6) is 0. The first-order chi connectivity index (χ1) is 7.83. The first-order valence-electron chi connectivity index (χ1n) is 5.84. The molecule has 1 saturated heterocycles. The van der Waals surface area contributed by atoms with Crippen molar-refractivity contribution in [1.82, 2.24) is 10.3 Å². The first kappa shape index (κ1) is 10.2. The zero-order chi connectivity index (χ0) is 11.0. The van der Waals surface area contributed by atoms with Gasteiger partial charge < -0.3 is 10.3 Å². The van der Waals surface area contributed by atoms with Crippen LogP contribution in [0.3, 0.4) is 0 Å². The minimum Gasteiger partial charge on any atom is -0.357 e. The van der Waals surface area contributed by atoms with Crippen LogP contribution in [0.5, 0.6) is 0 Å². The van der Waals surface area contributed by atoms with Crippen molar-refractivity contribution in [2.75, 3.05) is 6.54 Å². The average Bonchev–Trinajstić information content (AvgIpc) is 2.73. The van der Waals surface area contributed by atoms with E-state index in [4.69, 9.17) is 11.6 Å². The second-order valence-corrected chi connectivity index (χ2v) is 4.90. The summed E-state index contributed by atoms with van der Waals surface area (Å²) in [5, 5.41) is 5.55. The third-order valence-electron chi connectivity index (χ3n) is 3.29. The van der Waals surface area contributed by atoms with Gasteiger partial charge in [0.25, 0.3) is 0 Å². The van der Waals surface area contributed by atoms with E-state index in [-0.39, 0.29) is 0 Å². The topological polar surface area (TPSA) is 27.8 Å². The number of H-pyrrole nitrogens is 1. The van der Waals surface area contributed by atoms with Crippen LogP contribution in [0.2, 0.25) is 5.02 Å². The summed E-state index contributed by atoms with van der Waals surface area (Å²) in [5.41, 5.74) is 2.46. The molecular formula is C13H15ClN2. The molecule has 1 unspecified atom stereocenters. The van der Waals surface area contributed by atoms with Crippen LogP contribution in [-0.4, -0.2) is 11.5 Å². The zero-order valence-corrected chi connectivity index (χ0v) is 9.85. The number of fused-ring (bicyclic) bond motifs is 1. The van der Waals surface area contributed by atoms with Crippen LogP contribution in [0.15, 0.2) is 24.3 Å². The lowest BCUT2D eigenvalue weighted by atomic mass is 10.0. The molecule has 1 aromatic heterocycles. The van der Waals surface area contributed by atoms with Crippen LogP contribution < -0.4 is 5.32 Å². The molecule has 2 N–H and O–H groups in total. The van der Waals surface area contributed by atoms with Crippen LogP contribution in [0.25, 0.3) is 10.9 Å². The molecule has 3 heteroatoms. The Morgan fingerprint density at radius 1 is 1.19 bits per heavy atom. The smallest absolute Gasteiger partial charge is 0.0473 e. The second kappa shape index (κ2) is 4.11. The predicted octanol–water partition coefficient (Wildman–Crippen LogP) is 3.64. The van der Waals surface area contributed by atoms with E-state index in [1.54, 1.807) is 0 Å². The van der Waals surface area contributed by atoms with Crippen molar-refractivity contribution < 1.29 is 0 Å². The molecule has 0 spiro atoms. The maximum Gasteiger partial charge on any atom is 0.0473 e. The summed E-state index contributed by atoms with van der Waals surface area (Å²) in [7, 11) is 0. The van der Waals surface area contributed by atoms with E-state index in [2.05, 4.69) is 16.4 Å². The summed E-state index contributed by atoms with van der Waals surface area (Å²) >= 11 is 5.98. The van der Waals surface area contributed by atoms with Gasteiger partial charge in [-0.1, -0.05) is 18.0 Å². The monoisotopic (exact) mass is 234 g/mol. The number of aromatic nitrogens is 1. The van der Waals surface area contributed by atoms with E-state index >= 15 is 0 Å². The quantitative estimate of drug-likeness (QED) is 0.775. The van der Waals surface area contributed by atoms with Gasteiger partial charge in [0, 0.05) is 27.7 Å². The minimum absolute atomic E-state index is 0.486. The Morgan fingerprint density at radius 3 is 2.94 bits per heavy atom. The number of hydrogen-bond acceptors (Lipinski definition) is 1. The van der Waals surface area contributed by atoms with Crippen molar-refractivity contribution in [2.24, 2.45) is 0 Å². The fraction of sp³-hybridized carbons (Fsp3) is 0.385. The highest BCUT2D eigenvalue weighted by molar-refractivity contribution is 6.31. The fourth-order valence-electron chi connectivity index (χ4n) is 2.43. The molecule has 0 saturated carbocycles. The van der Waals surface area contributed by atoms with Crippen molar-refractivity contribution in [3.63, 3.8) is 0 Å². The van der Waals surface area contributed by atoms with Crippen molar-refractivity contribution >= 4 is 22.5 Å². The van der Waals surface area contributed by atoms with Crippen LogP contribution >= 0.6 is 11.6 Å². The van der Waals surface area contributed by atoms with Gasteiger partial charge >= 0.3 is 0 Å². The fourth-order valence-corrected chi connectivity index (χ4v) is 2.61. The molecular weight excluding hydrogens is 220 g/mol. The molecule has 2 aromatic rings. The summed E-state index contributed by atoms with van der Waals surface area (Å²) in [6, 6.07) is 8.69. The Kier molecular flexibility index (Phi) is 2.62. The lowest BCUT2D eigenvalue weighted by molar-refractivity contribution is 0.407. The molecule has 0 amide bonds. The van der Waals surface area contributed by atoms with Crippen LogP contribution in [0.1, 0.15) is 31.0 Å². The molecule has 1 aliphatic rings. The normalized spacial score (nSPS) is 21.4. The molecule has 0 radical (unpaired) electrons. The molecule has 1 aliphatic heterocycles. The van der Waals surface area contributed by atoms with E-state index in [0.29, 0.717) is 6.04 Å². The standard InChI is InChI=1S/C13H15ClN2/c14-10-4-5-11-9(7-10)8-13(16-11)12-3-1-2-6-15-12/h4-5,7-8,12,15-16H,1-3,6H2. The summed E-state index contributed by atoms with van der Waals surface area (Å²) in [6.07, 6.45) is 3.83. The number of hydrogen-bond donors (Lipinski definition) is 2. The summed E-state index contributed by atoms with van der Waals surface area (Å²) in [6.45, 7) is 1.13. The Labute approximate surface area is 100.0 Å². The Bertz CT molecular complexity index is 498. The summed E-state index contributed by atoms with van der Waals surface area (Å²) < 4.78 is 0. The Hall–Kier alpha value is -0.990. The molecule has 0 aliphatic carbocycles. The molecule has 84 valence electrons. The number of halogens is 1. The first-order valence-corrected chi connectivity index (χ1v) is 6.22. The molecule has 2 nitrogen and oxygen atoms in total. The van der Waals surface area contributed by atoms with Gasteiger partial charge in [-0.3, -0.25) is 0 Å². The van der Waals surface area contributed by atoms with E-state index < -0.39 is 0 Å². The van der Waals surface area contributed by atoms with E-state index in [0.717, 1.165) is 11.6 Å². The maximum atomic E-state index is 5.98. The molecule has 0 bridgehead atoms. The van der Waals surface area contributed by atoms with Gasteiger partial charge in [0.1, 0.15) is 0 Å². The van der Waals surface area contributed by atoms with Gasteiger partial charge in [0.2, 0.25) is 0 Å². The third kappa shape index (κ3) is 1.83. The van der Waals surface area contributed by atoms with Gasteiger partial charge in [-0.25, -0.2) is 0 Å². The van der Waals surface area contributed by atoms with Gasteiger partial charge in [-0.05, 0) is 43.7 Å². The van der Waals surface area contributed by atoms with Crippen LogP contribution in [0, 0.1) is 0 Å². The maximum absolute atomic E-state index is 5.98. The number of aromatic amines is 1. The molecule has 1 fully saturated rings. The predicted molar refractivity (Wildman–Crippen MR) is 67.9 cm³/mol. The van der Waals surface area contributed by atoms with Gasteiger partial charge in [0.15, 0.2) is 0 Å². The minimum atomic E-state index is 0.486. The van der Waals surface area contributed by atoms with Crippen molar-refractivity contribution in [3.05, 3.63) is 35.0 Å². The average molecular weight is 235 g/mol. The van der Waals surface area contributed by atoms with E-state index in [1.807, 2.05) is 18.2 Å². The second-order valence-electron chi connectivity index (χ2n) is 4.46. The number of piperidine rings is 1. The van der Waals surface area contributed by atoms with E-state index in [9.17, 15) is 0 Å². The third-order valence-corrected chi connectivity index (χ3v) is 3.52. The molecule has 1 atom stereocenters. The van der Waals surface area contributed by atoms with Crippen molar-refractivity contribution in [1.29, 1.82) is 0 Å². The largest absolute Gasteiger partial charge is 0.357 e. The molecule has 1 aromatic carbocycles. The highest BCUT2D eigenvalue weighted by atomic mass is 35.5. The van der Waals surface area contributed by atoms with E-state index in [1.165, 1.54) is 35.9 Å². The van der Waals surface area contributed by atoms with Crippen molar-refractivity contribution in [2.45, 2.75) is 25.3 Å².